The number of anilines is 1. The Kier molecular flexibility index (Phi) is 5.28. The molecule has 0 aromatic heterocycles. The lowest BCUT2D eigenvalue weighted by molar-refractivity contribution is -0.385. The molecule has 0 fully saturated rings. The minimum atomic E-state index is -0.740. The Bertz CT molecular complexity index is 795. The van der Waals surface area contributed by atoms with Crippen LogP contribution in [0.1, 0.15) is 10.4 Å². The highest BCUT2D eigenvalue weighted by molar-refractivity contribution is 6.05. The number of hydrogen-bond donors (Lipinski definition) is 2. The zero-order valence-corrected chi connectivity index (χ0v) is 13.7. The first-order chi connectivity index (χ1) is 11.9. The lowest BCUT2D eigenvalue weighted by Crippen LogP contribution is -2.12. The second-order valence-corrected chi connectivity index (χ2v) is 4.83. The Balaban J connectivity index is 2.31. The van der Waals surface area contributed by atoms with E-state index in [1.807, 2.05) is 0 Å². The molecule has 0 bridgehead atoms. The van der Waals surface area contributed by atoms with E-state index in [-0.39, 0.29) is 5.56 Å². The van der Waals surface area contributed by atoms with E-state index in [0.717, 1.165) is 12.1 Å². The fourth-order valence-corrected chi connectivity index (χ4v) is 2.18. The fourth-order valence-electron chi connectivity index (χ4n) is 2.18. The molecule has 0 heterocycles. The standard InChI is InChI=1S/C16H16N2O7/c1-23-13-7-10(8-14(24-2)15(13)25-3)17-16(20)9-4-5-11(18(21)22)12(19)6-9/h4-8,19H,1-3H3,(H,17,20). The highest BCUT2D eigenvalue weighted by Crippen LogP contribution is 2.40. The zero-order valence-electron chi connectivity index (χ0n) is 13.7. The molecule has 9 heteroatoms. The number of methoxy groups -OCH3 is 3. The van der Waals surface area contributed by atoms with Gasteiger partial charge in [-0.3, -0.25) is 14.9 Å². The molecule has 0 saturated carbocycles. The van der Waals surface area contributed by atoms with Crippen LogP contribution >= 0.6 is 0 Å². The number of carbonyl (C=O) groups is 1. The number of phenolic OH excluding ortho intramolecular Hbond substituents is 1. The highest BCUT2D eigenvalue weighted by Gasteiger charge is 2.18. The van der Waals surface area contributed by atoms with Gasteiger partial charge in [-0.15, -0.1) is 0 Å². The first-order valence-corrected chi connectivity index (χ1v) is 7.00. The van der Waals surface area contributed by atoms with Crippen molar-refractivity contribution in [3.8, 4) is 23.0 Å². The summed E-state index contributed by atoms with van der Waals surface area (Å²) in [6.07, 6.45) is 0. The van der Waals surface area contributed by atoms with Crippen LogP contribution in [0.4, 0.5) is 11.4 Å². The molecule has 132 valence electrons. The van der Waals surface area contributed by atoms with Crippen molar-refractivity contribution in [1.82, 2.24) is 0 Å². The molecule has 2 aromatic rings. The van der Waals surface area contributed by atoms with Gasteiger partial charge < -0.3 is 24.6 Å². The average Bonchev–Trinajstić information content (AvgIpc) is 2.60. The molecule has 9 nitrogen and oxygen atoms in total. The van der Waals surface area contributed by atoms with Gasteiger partial charge in [0.2, 0.25) is 5.75 Å². The van der Waals surface area contributed by atoms with Gasteiger partial charge in [-0.25, -0.2) is 0 Å². The summed E-state index contributed by atoms with van der Waals surface area (Å²) in [5.41, 5.74) is -0.0708. The number of rotatable bonds is 6. The molecule has 0 saturated heterocycles. The van der Waals surface area contributed by atoms with E-state index in [1.165, 1.54) is 39.5 Å². The summed E-state index contributed by atoms with van der Waals surface area (Å²) in [6.45, 7) is 0. The lowest BCUT2D eigenvalue weighted by Gasteiger charge is -2.14. The van der Waals surface area contributed by atoms with Crippen molar-refractivity contribution < 1.29 is 29.0 Å². The number of nitro groups is 1. The molecule has 0 spiro atoms. The van der Waals surface area contributed by atoms with Gasteiger partial charge >= 0.3 is 5.69 Å². The summed E-state index contributed by atoms with van der Waals surface area (Å²) in [5, 5.41) is 22.9. The maximum absolute atomic E-state index is 12.3. The van der Waals surface area contributed by atoms with Gasteiger partial charge in [-0.1, -0.05) is 0 Å². The third-order valence-corrected chi connectivity index (χ3v) is 3.36. The predicted molar refractivity (Wildman–Crippen MR) is 88.8 cm³/mol. The minimum absolute atomic E-state index is 0.0526. The number of amides is 1. The van der Waals surface area contributed by atoms with E-state index in [0.29, 0.717) is 22.9 Å². The van der Waals surface area contributed by atoms with Gasteiger partial charge in [0.1, 0.15) is 0 Å². The van der Waals surface area contributed by atoms with Gasteiger partial charge in [0.05, 0.1) is 26.3 Å². The summed E-state index contributed by atoms with van der Waals surface area (Å²) in [4.78, 5) is 22.3. The molecule has 2 aromatic carbocycles. The Morgan fingerprint density at radius 3 is 2.12 bits per heavy atom. The SMILES string of the molecule is COc1cc(NC(=O)c2ccc([N+](=O)[O-])c(O)c2)cc(OC)c1OC. The van der Waals surface area contributed by atoms with Crippen LogP contribution in [0.15, 0.2) is 30.3 Å². The van der Waals surface area contributed by atoms with Crippen LogP contribution in [-0.2, 0) is 0 Å². The van der Waals surface area contributed by atoms with Crippen LogP contribution in [0.2, 0.25) is 0 Å². The monoisotopic (exact) mass is 348 g/mol. The quantitative estimate of drug-likeness (QED) is 0.608. The molecule has 0 radical (unpaired) electrons. The van der Waals surface area contributed by atoms with E-state index in [2.05, 4.69) is 5.32 Å². The maximum Gasteiger partial charge on any atom is 0.310 e. The Labute approximate surface area is 142 Å². The highest BCUT2D eigenvalue weighted by atomic mass is 16.6. The topological polar surface area (TPSA) is 120 Å². The van der Waals surface area contributed by atoms with Crippen molar-refractivity contribution in [1.29, 1.82) is 0 Å². The second kappa shape index (κ2) is 7.39. The predicted octanol–water partition coefficient (Wildman–Crippen LogP) is 2.58. The molecule has 0 aliphatic rings. The Hall–Kier alpha value is -3.49. The summed E-state index contributed by atoms with van der Waals surface area (Å²) in [5.74, 6) is -0.0922. The van der Waals surface area contributed by atoms with Gasteiger partial charge in [-0.05, 0) is 12.1 Å². The molecular formula is C16H16N2O7. The number of nitrogens with one attached hydrogen (secondary N) is 1. The average molecular weight is 348 g/mol. The smallest absolute Gasteiger partial charge is 0.310 e. The molecule has 1 amide bonds. The number of aromatic hydroxyl groups is 1. The number of carbonyl (C=O) groups excluding carboxylic acids is 1. The van der Waals surface area contributed by atoms with Crippen LogP contribution in [-0.4, -0.2) is 37.3 Å². The van der Waals surface area contributed by atoms with E-state index in [1.54, 1.807) is 0 Å². The van der Waals surface area contributed by atoms with Crippen molar-refractivity contribution in [3.63, 3.8) is 0 Å². The summed E-state index contributed by atoms with van der Waals surface area (Å²) in [7, 11) is 4.34. The first kappa shape index (κ1) is 17.9. The zero-order chi connectivity index (χ0) is 18.6. The number of phenols is 1. The second-order valence-electron chi connectivity index (χ2n) is 4.83. The Morgan fingerprint density at radius 1 is 1.08 bits per heavy atom. The number of nitro benzene ring substituents is 1. The van der Waals surface area contributed by atoms with Gasteiger partial charge in [0.15, 0.2) is 17.2 Å². The Morgan fingerprint density at radius 2 is 1.68 bits per heavy atom. The first-order valence-electron chi connectivity index (χ1n) is 7.00. The molecule has 0 unspecified atom stereocenters. The van der Waals surface area contributed by atoms with E-state index >= 15 is 0 Å². The molecular weight excluding hydrogens is 332 g/mol. The minimum Gasteiger partial charge on any atom is -0.502 e. The lowest BCUT2D eigenvalue weighted by atomic mass is 10.1. The normalized spacial score (nSPS) is 10.0. The van der Waals surface area contributed by atoms with E-state index < -0.39 is 22.3 Å². The van der Waals surface area contributed by atoms with E-state index in [9.17, 15) is 20.0 Å². The van der Waals surface area contributed by atoms with Gasteiger partial charge in [-0.2, -0.15) is 0 Å². The number of hydrogen-bond acceptors (Lipinski definition) is 7. The van der Waals surface area contributed by atoms with Crippen LogP contribution in [0, 0.1) is 10.1 Å². The van der Waals surface area contributed by atoms with Crippen molar-refractivity contribution in [3.05, 3.63) is 46.0 Å². The molecule has 0 aliphatic heterocycles. The third-order valence-electron chi connectivity index (χ3n) is 3.36. The summed E-state index contributed by atoms with van der Waals surface area (Å²) in [6, 6.07) is 6.38. The molecule has 25 heavy (non-hydrogen) atoms. The molecule has 0 atom stereocenters. The maximum atomic E-state index is 12.3. The fraction of sp³-hybridized carbons (Fsp3) is 0.188. The molecule has 2 N–H and O–H groups in total. The van der Waals surface area contributed by atoms with Crippen LogP contribution < -0.4 is 19.5 Å². The van der Waals surface area contributed by atoms with Crippen LogP contribution in [0.25, 0.3) is 0 Å². The summed E-state index contributed by atoms with van der Waals surface area (Å²) >= 11 is 0. The van der Waals surface area contributed by atoms with Crippen molar-refractivity contribution >= 4 is 17.3 Å². The summed E-state index contributed by atoms with van der Waals surface area (Å²) < 4.78 is 15.6. The van der Waals surface area contributed by atoms with E-state index in [4.69, 9.17) is 14.2 Å². The van der Waals surface area contributed by atoms with Crippen molar-refractivity contribution in [2.24, 2.45) is 0 Å². The van der Waals surface area contributed by atoms with Gasteiger partial charge in [0, 0.05) is 29.4 Å². The molecule has 2 rings (SSSR count). The third kappa shape index (κ3) is 3.71. The number of benzene rings is 2. The largest absolute Gasteiger partial charge is 0.502 e. The number of ether oxygens (including phenoxy) is 3. The molecule has 0 aliphatic carbocycles. The number of nitrogens with zero attached hydrogens (tertiary/aromatic N) is 1. The van der Waals surface area contributed by atoms with Gasteiger partial charge in [0.25, 0.3) is 5.91 Å². The van der Waals surface area contributed by atoms with Crippen molar-refractivity contribution in [2.75, 3.05) is 26.6 Å². The van der Waals surface area contributed by atoms with Crippen molar-refractivity contribution in [2.45, 2.75) is 0 Å². The van der Waals surface area contributed by atoms with Crippen LogP contribution in [0.3, 0.4) is 0 Å². The van der Waals surface area contributed by atoms with Crippen LogP contribution in [0.5, 0.6) is 23.0 Å².